The number of benzene rings is 8. The first kappa shape index (κ1) is 29.3. The predicted octanol–water partition coefficient (Wildman–Crippen LogP) is 13.0. The van der Waals surface area contributed by atoms with E-state index in [0.717, 1.165) is 44.0 Å². The largest absolute Gasteiger partial charge is 0.309 e. The van der Waals surface area contributed by atoms with E-state index in [1.807, 2.05) is 24.5 Å². The van der Waals surface area contributed by atoms with E-state index in [2.05, 4.69) is 167 Å². The Hall–Kier alpha value is -7.30. The molecular formula is C50H30N4. The molecule has 0 bridgehead atoms. The zero-order valence-electron chi connectivity index (χ0n) is 29.1. The van der Waals surface area contributed by atoms with Crippen LogP contribution in [0.2, 0.25) is 0 Å². The summed E-state index contributed by atoms with van der Waals surface area (Å²) in [6, 6.07) is 61.7. The fraction of sp³-hybridized carbons (Fsp3) is 0. The Labute approximate surface area is 309 Å². The number of fused-ring (bicyclic) bond motifs is 12. The van der Waals surface area contributed by atoms with Gasteiger partial charge < -0.3 is 9.13 Å². The van der Waals surface area contributed by atoms with E-state index in [9.17, 15) is 0 Å². The van der Waals surface area contributed by atoms with Gasteiger partial charge in [0.05, 0.1) is 44.5 Å². The molecule has 0 aliphatic rings. The van der Waals surface area contributed by atoms with Gasteiger partial charge in [0.15, 0.2) is 0 Å². The second-order valence-electron chi connectivity index (χ2n) is 14.2. The minimum absolute atomic E-state index is 1.02. The van der Waals surface area contributed by atoms with Crippen LogP contribution in [0.4, 0.5) is 0 Å². The molecule has 0 N–H and O–H groups in total. The fourth-order valence-electron chi connectivity index (χ4n) is 8.98. The highest BCUT2D eigenvalue weighted by Gasteiger charge is 2.19. The van der Waals surface area contributed by atoms with Gasteiger partial charge in [-0.25, -0.2) is 0 Å². The predicted molar refractivity (Wildman–Crippen MR) is 226 cm³/mol. The topological polar surface area (TPSA) is 35.6 Å². The molecule has 0 aliphatic carbocycles. The zero-order valence-corrected chi connectivity index (χ0v) is 29.1. The molecule has 0 amide bonds. The molecule has 0 saturated heterocycles. The van der Waals surface area contributed by atoms with Gasteiger partial charge in [-0.05, 0) is 70.4 Å². The van der Waals surface area contributed by atoms with E-state index in [0.29, 0.717) is 0 Å². The van der Waals surface area contributed by atoms with Gasteiger partial charge >= 0.3 is 0 Å². The summed E-state index contributed by atoms with van der Waals surface area (Å²) in [4.78, 5) is 9.80. The maximum absolute atomic E-state index is 4.90. The Bertz CT molecular complexity index is 3280. The Morgan fingerprint density at radius 1 is 0.315 bits per heavy atom. The van der Waals surface area contributed by atoms with Crippen molar-refractivity contribution in [1.29, 1.82) is 0 Å². The van der Waals surface area contributed by atoms with Crippen molar-refractivity contribution in [2.75, 3.05) is 0 Å². The molecule has 0 unspecified atom stereocenters. The fourth-order valence-corrected chi connectivity index (χ4v) is 8.98. The summed E-state index contributed by atoms with van der Waals surface area (Å²) < 4.78 is 4.88. The maximum atomic E-state index is 4.90. The van der Waals surface area contributed by atoms with Gasteiger partial charge in [0.25, 0.3) is 0 Å². The van der Waals surface area contributed by atoms with Crippen molar-refractivity contribution in [3.05, 3.63) is 182 Å². The molecule has 0 atom stereocenters. The van der Waals surface area contributed by atoms with Crippen molar-refractivity contribution >= 4 is 87.0 Å². The highest BCUT2D eigenvalue weighted by Crippen LogP contribution is 2.41. The van der Waals surface area contributed by atoms with Crippen LogP contribution in [-0.4, -0.2) is 19.1 Å². The Morgan fingerprint density at radius 2 is 0.741 bits per heavy atom. The second-order valence-corrected chi connectivity index (χ2v) is 14.2. The number of hydrogen-bond donors (Lipinski definition) is 0. The average Bonchev–Trinajstić information content (AvgIpc) is 3.75. The first-order valence-corrected chi connectivity index (χ1v) is 18.4. The molecule has 12 aromatic rings. The summed E-state index contributed by atoms with van der Waals surface area (Å²) in [5, 5.41) is 11.9. The number of aromatic nitrogens is 4. The number of hydrogen-bond acceptors (Lipinski definition) is 2. The van der Waals surface area contributed by atoms with Crippen LogP contribution in [0.1, 0.15) is 0 Å². The van der Waals surface area contributed by atoms with E-state index in [-0.39, 0.29) is 0 Å². The molecule has 12 rings (SSSR count). The third-order valence-electron chi connectivity index (χ3n) is 11.3. The molecule has 0 radical (unpaired) electrons. The summed E-state index contributed by atoms with van der Waals surface area (Å²) in [5.41, 5.74) is 11.3. The van der Waals surface area contributed by atoms with E-state index < -0.39 is 0 Å². The van der Waals surface area contributed by atoms with Crippen LogP contribution in [0.25, 0.3) is 109 Å². The van der Waals surface area contributed by atoms with Crippen molar-refractivity contribution in [2.24, 2.45) is 0 Å². The maximum Gasteiger partial charge on any atom is 0.0801 e. The standard InChI is InChI=1S/C50H30N4/c1-3-15-41-37(13-1)39-25-23-35(29-45(39)53(41)43-17-5-9-31-19-21-33-11-7-27-51-49(33)47(31)43)36-24-26-40-38-14-2-4-16-42(38)54(46(40)30-36)44-18-6-10-32-20-22-34-12-8-28-52-50(34)48(32)44/h1-30H. The first-order valence-electron chi connectivity index (χ1n) is 18.4. The Balaban J connectivity index is 1.14. The van der Waals surface area contributed by atoms with Crippen LogP contribution >= 0.6 is 0 Å². The van der Waals surface area contributed by atoms with Crippen LogP contribution < -0.4 is 0 Å². The highest BCUT2D eigenvalue weighted by molar-refractivity contribution is 6.17. The average molecular weight is 687 g/mol. The summed E-state index contributed by atoms with van der Waals surface area (Å²) in [5.74, 6) is 0. The van der Waals surface area contributed by atoms with Gasteiger partial charge in [0, 0.05) is 55.5 Å². The van der Waals surface area contributed by atoms with E-state index in [1.165, 1.54) is 65.5 Å². The highest BCUT2D eigenvalue weighted by atomic mass is 15.0. The lowest BCUT2D eigenvalue weighted by atomic mass is 10.0. The van der Waals surface area contributed by atoms with E-state index >= 15 is 0 Å². The van der Waals surface area contributed by atoms with E-state index in [1.54, 1.807) is 0 Å². The Kier molecular flexibility index (Phi) is 6.02. The molecule has 8 aromatic carbocycles. The van der Waals surface area contributed by atoms with Crippen LogP contribution in [0.3, 0.4) is 0 Å². The molecule has 4 heteroatoms. The lowest BCUT2D eigenvalue weighted by molar-refractivity contribution is 1.20. The number of pyridine rings is 2. The van der Waals surface area contributed by atoms with Crippen molar-refractivity contribution in [1.82, 2.24) is 19.1 Å². The van der Waals surface area contributed by atoms with Crippen LogP contribution in [0.15, 0.2) is 182 Å². The van der Waals surface area contributed by atoms with Crippen molar-refractivity contribution in [3.8, 4) is 22.5 Å². The normalized spacial score (nSPS) is 12.1. The van der Waals surface area contributed by atoms with Gasteiger partial charge in [-0.3, -0.25) is 9.97 Å². The van der Waals surface area contributed by atoms with Crippen LogP contribution in [-0.2, 0) is 0 Å². The number of nitrogens with zero attached hydrogens (tertiary/aromatic N) is 4. The molecular weight excluding hydrogens is 657 g/mol. The summed E-state index contributed by atoms with van der Waals surface area (Å²) in [6.07, 6.45) is 3.80. The third kappa shape index (κ3) is 4.08. The molecule has 4 aromatic heterocycles. The first-order chi connectivity index (χ1) is 26.8. The van der Waals surface area contributed by atoms with Crippen molar-refractivity contribution in [3.63, 3.8) is 0 Å². The molecule has 250 valence electrons. The lowest BCUT2D eigenvalue weighted by Gasteiger charge is -2.14. The van der Waals surface area contributed by atoms with Crippen molar-refractivity contribution < 1.29 is 0 Å². The quantitative estimate of drug-likeness (QED) is 0.173. The Morgan fingerprint density at radius 3 is 1.24 bits per heavy atom. The third-order valence-corrected chi connectivity index (χ3v) is 11.3. The minimum atomic E-state index is 1.02. The summed E-state index contributed by atoms with van der Waals surface area (Å²) >= 11 is 0. The van der Waals surface area contributed by atoms with Gasteiger partial charge in [-0.2, -0.15) is 0 Å². The van der Waals surface area contributed by atoms with Crippen LogP contribution in [0.5, 0.6) is 0 Å². The number of para-hydroxylation sites is 2. The van der Waals surface area contributed by atoms with Crippen LogP contribution in [0, 0.1) is 0 Å². The van der Waals surface area contributed by atoms with E-state index in [4.69, 9.17) is 9.97 Å². The van der Waals surface area contributed by atoms with Gasteiger partial charge in [-0.1, -0.05) is 121 Å². The SMILES string of the molecule is c1cnc2c(c1)ccc1cccc(-n3c4ccccc4c4ccc(-c5ccc6c7ccccc7n(-c7cccc8ccc9cccnc9c78)c6c5)cc43)c12. The summed E-state index contributed by atoms with van der Waals surface area (Å²) in [7, 11) is 0. The number of rotatable bonds is 3. The molecule has 0 fully saturated rings. The molecule has 0 spiro atoms. The molecule has 4 nitrogen and oxygen atoms in total. The van der Waals surface area contributed by atoms with Gasteiger partial charge in [0.2, 0.25) is 0 Å². The molecule has 0 aliphatic heterocycles. The lowest BCUT2D eigenvalue weighted by Crippen LogP contribution is -1.97. The van der Waals surface area contributed by atoms with Gasteiger partial charge in [0.1, 0.15) is 0 Å². The minimum Gasteiger partial charge on any atom is -0.309 e. The molecule has 0 saturated carbocycles. The zero-order chi connectivity index (χ0) is 35.3. The molecule has 54 heavy (non-hydrogen) atoms. The monoisotopic (exact) mass is 686 g/mol. The van der Waals surface area contributed by atoms with Crippen molar-refractivity contribution in [2.45, 2.75) is 0 Å². The van der Waals surface area contributed by atoms with Gasteiger partial charge in [-0.15, -0.1) is 0 Å². The smallest absolute Gasteiger partial charge is 0.0801 e. The summed E-state index contributed by atoms with van der Waals surface area (Å²) in [6.45, 7) is 0. The second kappa shape index (κ2) is 11.1. The molecule has 4 heterocycles.